The zero-order valence-corrected chi connectivity index (χ0v) is 15.6. The topological polar surface area (TPSA) is 36.4 Å². The number of guanidine groups is 1. The summed E-state index contributed by atoms with van der Waals surface area (Å²) in [5.41, 5.74) is 2.55. The van der Waals surface area contributed by atoms with Gasteiger partial charge in [-0.05, 0) is 30.4 Å². The second kappa shape index (κ2) is 9.78. The number of thiophene rings is 1. The van der Waals surface area contributed by atoms with Gasteiger partial charge in [-0.15, -0.1) is 35.3 Å². The van der Waals surface area contributed by atoms with E-state index in [0.717, 1.165) is 25.5 Å². The quantitative estimate of drug-likeness (QED) is 0.445. The Morgan fingerprint density at radius 1 is 1.19 bits per heavy atom. The van der Waals surface area contributed by atoms with Crippen molar-refractivity contribution >= 4 is 41.3 Å². The highest BCUT2D eigenvalue weighted by Gasteiger charge is 1.99. The molecule has 1 heterocycles. The third-order valence-electron chi connectivity index (χ3n) is 3.01. The largest absolute Gasteiger partial charge is 0.356 e. The molecular formula is C16H22IN3S. The van der Waals surface area contributed by atoms with Gasteiger partial charge in [0.1, 0.15) is 0 Å². The highest BCUT2D eigenvalue weighted by Crippen LogP contribution is 2.08. The lowest BCUT2D eigenvalue weighted by Gasteiger charge is -2.11. The van der Waals surface area contributed by atoms with Crippen molar-refractivity contribution in [3.63, 3.8) is 0 Å². The molecule has 0 aliphatic heterocycles. The minimum atomic E-state index is 0. The second-order valence-corrected chi connectivity index (χ2v) is 5.70. The lowest BCUT2D eigenvalue weighted by molar-refractivity contribution is 0.799. The molecule has 2 aromatic rings. The first-order valence-corrected chi connectivity index (χ1v) is 7.68. The smallest absolute Gasteiger partial charge is 0.191 e. The van der Waals surface area contributed by atoms with Crippen LogP contribution in [-0.4, -0.2) is 19.6 Å². The molecule has 0 bridgehead atoms. The third-order valence-corrected chi connectivity index (χ3v) is 3.95. The van der Waals surface area contributed by atoms with E-state index in [1.165, 1.54) is 16.0 Å². The number of hydrogen-bond donors (Lipinski definition) is 2. The van der Waals surface area contributed by atoms with Crippen LogP contribution >= 0.6 is 35.3 Å². The molecule has 0 unspecified atom stereocenters. The first kappa shape index (κ1) is 18.0. The molecule has 0 aliphatic rings. The van der Waals surface area contributed by atoms with E-state index in [-0.39, 0.29) is 24.0 Å². The van der Waals surface area contributed by atoms with Gasteiger partial charge in [-0.1, -0.05) is 35.9 Å². The molecule has 1 aromatic carbocycles. The Morgan fingerprint density at radius 2 is 2.05 bits per heavy atom. The van der Waals surface area contributed by atoms with Crippen LogP contribution in [0.5, 0.6) is 0 Å². The van der Waals surface area contributed by atoms with Crippen LogP contribution in [0.15, 0.2) is 46.8 Å². The third kappa shape index (κ3) is 6.48. The maximum Gasteiger partial charge on any atom is 0.191 e. The van der Waals surface area contributed by atoms with Gasteiger partial charge in [-0.25, -0.2) is 0 Å². The lowest BCUT2D eigenvalue weighted by Crippen LogP contribution is -2.37. The summed E-state index contributed by atoms with van der Waals surface area (Å²) in [6.07, 6.45) is 1.03. The monoisotopic (exact) mass is 415 g/mol. The Bertz CT molecular complexity index is 552. The van der Waals surface area contributed by atoms with Crippen LogP contribution in [0.1, 0.15) is 16.0 Å². The van der Waals surface area contributed by atoms with Crippen molar-refractivity contribution in [1.29, 1.82) is 0 Å². The van der Waals surface area contributed by atoms with E-state index < -0.39 is 0 Å². The standard InChI is InChI=1S/C16H21N3S.HI/c1-13-5-3-6-14(11-13)12-19-16(17-2)18-9-8-15-7-4-10-20-15;/h3-7,10-11H,8-9,12H2,1-2H3,(H2,17,18,19);1H. The summed E-state index contributed by atoms with van der Waals surface area (Å²) in [7, 11) is 1.80. The van der Waals surface area contributed by atoms with Gasteiger partial charge in [0, 0.05) is 25.0 Å². The van der Waals surface area contributed by atoms with Crippen molar-refractivity contribution in [3.8, 4) is 0 Å². The van der Waals surface area contributed by atoms with Gasteiger partial charge in [-0.2, -0.15) is 0 Å². The molecule has 2 rings (SSSR count). The van der Waals surface area contributed by atoms with Gasteiger partial charge < -0.3 is 10.6 Å². The molecular weight excluding hydrogens is 393 g/mol. The molecule has 0 aliphatic carbocycles. The van der Waals surface area contributed by atoms with E-state index in [1.807, 2.05) is 0 Å². The highest BCUT2D eigenvalue weighted by molar-refractivity contribution is 14.0. The van der Waals surface area contributed by atoms with Crippen LogP contribution in [0.4, 0.5) is 0 Å². The maximum absolute atomic E-state index is 4.24. The zero-order chi connectivity index (χ0) is 14.2. The van der Waals surface area contributed by atoms with Crippen molar-refractivity contribution < 1.29 is 0 Å². The maximum atomic E-state index is 4.24. The fraction of sp³-hybridized carbons (Fsp3) is 0.312. The lowest BCUT2D eigenvalue weighted by atomic mass is 10.1. The molecule has 0 atom stereocenters. The van der Waals surface area contributed by atoms with Crippen molar-refractivity contribution in [2.45, 2.75) is 19.9 Å². The normalized spacial score (nSPS) is 10.9. The van der Waals surface area contributed by atoms with E-state index in [1.54, 1.807) is 18.4 Å². The summed E-state index contributed by atoms with van der Waals surface area (Å²) < 4.78 is 0. The number of benzene rings is 1. The Kier molecular flexibility index (Phi) is 8.37. The van der Waals surface area contributed by atoms with E-state index in [2.05, 4.69) is 64.3 Å². The average molecular weight is 415 g/mol. The Hall–Kier alpha value is -1.08. The molecule has 0 fully saturated rings. The SMILES string of the molecule is CN=C(NCCc1cccs1)NCc1cccc(C)c1.I. The van der Waals surface area contributed by atoms with Crippen LogP contribution in [0.3, 0.4) is 0 Å². The van der Waals surface area contributed by atoms with Crippen LogP contribution < -0.4 is 10.6 Å². The number of aliphatic imine (C=N–C) groups is 1. The second-order valence-electron chi connectivity index (χ2n) is 4.67. The van der Waals surface area contributed by atoms with Gasteiger partial charge in [0.25, 0.3) is 0 Å². The van der Waals surface area contributed by atoms with Crippen molar-refractivity contribution in [2.75, 3.05) is 13.6 Å². The summed E-state index contributed by atoms with van der Waals surface area (Å²) in [6.45, 7) is 3.80. The number of nitrogens with one attached hydrogen (secondary N) is 2. The summed E-state index contributed by atoms with van der Waals surface area (Å²) >= 11 is 1.79. The first-order valence-electron chi connectivity index (χ1n) is 6.80. The van der Waals surface area contributed by atoms with Crippen LogP contribution in [-0.2, 0) is 13.0 Å². The summed E-state index contributed by atoms with van der Waals surface area (Å²) in [5.74, 6) is 0.850. The van der Waals surface area contributed by atoms with Gasteiger partial charge in [0.05, 0.1) is 0 Å². The molecule has 0 amide bonds. The van der Waals surface area contributed by atoms with Crippen molar-refractivity contribution in [3.05, 3.63) is 57.8 Å². The van der Waals surface area contributed by atoms with E-state index in [9.17, 15) is 0 Å². The molecule has 0 radical (unpaired) electrons. The molecule has 3 nitrogen and oxygen atoms in total. The highest BCUT2D eigenvalue weighted by atomic mass is 127. The Morgan fingerprint density at radius 3 is 2.71 bits per heavy atom. The van der Waals surface area contributed by atoms with Crippen LogP contribution in [0, 0.1) is 6.92 Å². The summed E-state index contributed by atoms with van der Waals surface area (Å²) in [6, 6.07) is 12.8. The minimum Gasteiger partial charge on any atom is -0.356 e. The van der Waals surface area contributed by atoms with Gasteiger partial charge in [0.15, 0.2) is 5.96 Å². The number of hydrogen-bond acceptors (Lipinski definition) is 2. The predicted molar refractivity (Wildman–Crippen MR) is 103 cm³/mol. The molecule has 1 aromatic heterocycles. The molecule has 0 saturated heterocycles. The van der Waals surface area contributed by atoms with Crippen LogP contribution in [0.2, 0.25) is 0 Å². The predicted octanol–water partition coefficient (Wildman–Crippen LogP) is 3.58. The van der Waals surface area contributed by atoms with E-state index >= 15 is 0 Å². The van der Waals surface area contributed by atoms with Crippen molar-refractivity contribution in [1.82, 2.24) is 10.6 Å². The molecule has 21 heavy (non-hydrogen) atoms. The number of rotatable bonds is 5. The van der Waals surface area contributed by atoms with Crippen LogP contribution in [0.25, 0.3) is 0 Å². The first-order chi connectivity index (χ1) is 9.78. The van der Waals surface area contributed by atoms with Crippen molar-refractivity contribution in [2.24, 2.45) is 4.99 Å². The summed E-state index contributed by atoms with van der Waals surface area (Å²) in [5, 5.41) is 8.78. The van der Waals surface area contributed by atoms with Gasteiger partial charge in [-0.3, -0.25) is 4.99 Å². The average Bonchev–Trinajstić information content (AvgIpc) is 2.96. The fourth-order valence-electron chi connectivity index (χ4n) is 1.99. The molecule has 0 spiro atoms. The number of halogens is 1. The molecule has 5 heteroatoms. The Balaban J connectivity index is 0.00000220. The van der Waals surface area contributed by atoms with Gasteiger partial charge in [0.2, 0.25) is 0 Å². The van der Waals surface area contributed by atoms with E-state index in [0.29, 0.717) is 0 Å². The molecule has 0 saturated carbocycles. The number of nitrogens with zero attached hydrogens (tertiary/aromatic N) is 1. The Labute approximate surface area is 147 Å². The van der Waals surface area contributed by atoms with E-state index in [4.69, 9.17) is 0 Å². The summed E-state index contributed by atoms with van der Waals surface area (Å²) in [4.78, 5) is 5.64. The number of aryl methyl sites for hydroxylation is 1. The zero-order valence-electron chi connectivity index (χ0n) is 12.4. The molecule has 2 N–H and O–H groups in total. The van der Waals surface area contributed by atoms with Gasteiger partial charge >= 0.3 is 0 Å². The molecule has 114 valence electrons. The fourth-order valence-corrected chi connectivity index (χ4v) is 2.70. The minimum absolute atomic E-state index is 0.